The van der Waals surface area contributed by atoms with Gasteiger partial charge in [-0.15, -0.1) is 0 Å². The molecule has 0 unspecified atom stereocenters. The molecule has 0 amide bonds. The average Bonchev–Trinajstić information content (AvgIpc) is 2.54. The molecule has 0 saturated heterocycles. The molecular weight excluding hydrogens is 178 g/mol. The summed E-state index contributed by atoms with van der Waals surface area (Å²) in [7, 11) is 0. The minimum absolute atomic E-state index is 0.138. The van der Waals surface area contributed by atoms with Crippen LogP contribution in [0.3, 0.4) is 0 Å². The Balaban J connectivity index is 2.53. The van der Waals surface area contributed by atoms with Gasteiger partial charge in [-0.2, -0.15) is 0 Å². The van der Waals surface area contributed by atoms with Crippen LogP contribution >= 0.6 is 0 Å². The first-order valence-corrected chi connectivity index (χ1v) is 4.81. The molecule has 0 aliphatic heterocycles. The number of carbonyl (C=O) groups excluding carboxylic acids is 1. The summed E-state index contributed by atoms with van der Waals surface area (Å²) in [6.07, 6.45) is 1.32. The van der Waals surface area contributed by atoms with Gasteiger partial charge in [0.15, 0.2) is 5.78 Å². The SMILES string of the molecule is CCOc1ccc(N)c2c1CCC2=O. The Bertz CT molecular complexity index is 385. The number of carbonyl (C=O) groups is 1. The lowest BCUT2D eigenvalue weighted by Crippen LogP contribution is -2.01. The van der Waals surface area contributed by atoms with Crippen LogP contribution in [0.1, 0.15) is 29.3 Å². The van der Waals surface area contributed by atoms with Gasteiger partial charge in [0.1, 0.15) is 5.75 Å². The zero-order valence-electron chi connectivity index (χ0n) is 8.17. The van der Waals surface area contributed by atoms with Crippen molar-refractivity contribution in [1.29, 1.82) is 0 Å². The number of benzene rings is 1. The smallest absolute Gasteiger partial charge is 0.165 e. The number of ether oxygens (including phenoxy) is 1. The van der Waals surface area contributed by atoms with Crippen molar-refractivity contribution in [3.05, 3.63) is 23.3 Å². The van der Waals surface area contributed by atoms with E-state index in [1.54, 1.807) is 6.07 Å². The number of ketones is 1. The summed E-state index contributed by atoms with van der Waals surface area (Å²) < 4.78 is 5.44. The highest BCUT2D eigenvalue weighted by Crippen LogP contribution is 2.34. The van der Waals surface area contributed by atoms with Crippen LogP contribution in [0.15, 0.2) is 12.1 Å². The molecule has 1 aliphatic rings. The Morgan fingerprint density at radius 1 is 1.43 bits per heavy atom. The van der Waals surface area contributed by atoms with E-state index in [0.29, 0.717) is 24.3 Å². The minimum Gasteiger partial charge on any atom is -0.494 e. The van der Waals surface area contributed by atoms with Crippen molar-refractivity contribution in [1.82, 2.24) is 0 Å². The maximum absolute atomic E-state index is 11.5. The number of fused-ring (bicyclic) bond motifs is 1. The van der Waals surface area contributed by atoms with Crippen LogP contribution in [0, 0.1) is 0 Å². The average molecular weight is 191 g/mol. The van der Waals surface area contributed by atoms with Crippen LogP contribution in [0.2, 0.25) is 0 Å². The van der Waals surface area contributed by atoms with E-state index in [1.165, 1.54) is 0 Å². The fourth-order valence-corrected chi connectivity index (χ4v) is 1.88. The molecule has 14 heavy (non-hydrogen) atoms. The second-order valence-corrected chi connectivity index (χ2v) is 3.36. The van der Waals surface area contributed by atoms with E-state index >= 15 is 0 Å². The maximum atomic E-state index is 11.5. The quantitative estimate of drug-likeness (QED) is 0.725. The zero-order valence-corrected chi connectivity index (χ0v) is 8.17. The van der Waals surface area contributed by atoms with Gasteiger partial charge in [-0.3, -0.25) is 4.79 Å². The molecule has 0 saturated carbocycles. The van der Waals surface area contributed by atoms with Crippen LogP contribution in [0.5, 0.6) is 5.75 Å². The number of hydrogen-bond acceptors (Lipinski definition) is 3. The van der Waals surface area contributed by atoms with E-state index < -0.39 is 0 Å². The van der Waals surface area contributed by atoms with Crippen molar-refractivity contribution < 1.29 is 9.53 Å². The lowest BCUT2D eigenvalue weighted by atomic mass is 10.1. The highest BCUT2D eigenvalue weighted by atomic mass is 16.5. The zero-order chi connectivity index (χ0) is 10.1. The van der Waals surface area contributed by atoms with Gasteiger partial charge in [-0.1, -0.05) is 0 Å². The molecule has 1 aliphatic carbocycles. The van der Waals surface area contributed by atoms with Gasteiger partial charge in [-0.05, 0) is 25.5 Å². The van der Waals surface area contributed by atoms with Gasteiger partial charge >= 0.3 is 0 Å². The number of anilines is 1. The number of nitrogens with two attached hydrogens (primary N) is 1. The highest BCUT2D eigenvalue weighted by Gasteiger charge is 2.25. The van der Waals surface area contributed by atoms with Crippen molar-refractivity contribution in [3.8, 4) is 5.75 Å². The molecule has 0 spiro atoms. The van der Waals surface area contributed by atoms with E-state index in [-0.39, 0.29) is 5.78 Å². The second kappa shape index (κ2) is 3.33. The Labute approximate surface area is 82.9 Å². The Kier molecular flexibility index (Phi) is 2.15. The largest absolute Gasteiger partial charge is 0.494 e. The van der Waals surface area contributed by atoms with Crippen molar-refractivity contribution in [2.24, 2.45) is 0 Å². The van der Waals surface area contributed by atoms with Gasteiger partial charge in [0.05, 0.1) is 6.61 Å². The van der Waals surface area contributed by atoms with E-state index in [9.17, 15) is 4.79 Å². The molecule has 0 aromatic heterocycles. The second-order valence-electron chi connectivity index (χ2n) is 3.36. The summed E-state index contributed by atoms with van der Waals surface area (Å²) in [5, 5.41) is 0. The fraction of sp³-hybridized carbons (Fsp3) is 0.364. The van der Waals surface area contributed by atoms with Crippen LogP contribution in [0.4, 0.5) is 5.69 Å². The van der Waals surface area contributed by atoms with Gasteiger partial charge in [0.2, 0.25) is 0 Å². The summed E-state index contributed by atoms with van der Waals surface area (Å²) in [5.41, 5.74) is 7.99. The number of hydrogen-bond donors (Lipinski definition) is 1. The third-order valence-electron chi connectivity index (χ3n) is 2.48. The van der Waals surface area contributed by atoms with Crippen LogP contribution in [-0.2, 0) is 6.42 Å². The molecule has 0 heterocycles. The van der Waals surface area contributed by atoms with Crippen LogP contribution in [-0.4, -0.2) is 12.4 Å². The van der Waals surface area contributed by atoms with E-state index in [0.717, 1.165) is 17.7 Å². The molecular formula is C11H13NO2. The molecule has 0 bridgehead atoms. The molecule has 2 N–H and O–H groups in total. The van der Waals surface area contributed by atoms with Crippen LogP contribution < -0.4 is 10.5 Å². The molecule has 3 heteroatoms. The van der Waals surface area contributed by atoms with Crippen LogP contribution in [0.25, 0.3) is 0 Å². The summed E-state index contributed by atoms with van der Waals surface area (Å²) in [5.74, 6) is 0.946. The lowest BCUT2D eigenvalue weighted by Gasteiger charge is -2.09. The normalized spacial score (nSPS) is 14.2. The summed E-state index contributed by atoms with van der Waals surface area (Å²) in [6, 6.07) is 3.59. The fourth-order valence-electron chi connectivity index (χ4n) is 1.88. The third-order valence-corrected chi connectivity index (χ3v) is 2.48. The monoisotopic (exact) mass is 191 g/mol. The summed E-state index contributed by atoms with van der Waals surface area (Å²) in [4.78, 5) is 11.5. The molecule has 2 rings (SSSR count). The van der Waals surface area contributed by atoms with E-state index in [1.807, 2.05) is 13.0 Å². The summed E-state index contributed by atoms with van der Waals surface area (Å²) >= 11 is 0. The van der Waals surface area contributed by atoms with E-state index in [2.05, 4.69) is 0 Å². The predicted octanol–water partition coefficient (Wildman–Crippen LogP) is 1.80. The molecule has 1 aromatic carbocycles. The molecule has 0 fully saturated rings. The topological polar surface area (TPSA) is 52.3 Å². The van der Waals surface area contributed by atoms with Crippen molar-refractivity contribution in [2.75, 3.05) is 12.3 Å². The molecule has 0 atom stereocenters. The number of Topliss-reactive ketones (excluding diaryl/α,β-unsaturated/α-hetero) is 1. The first-order chi connectivity index (χ1) is 6.74. The van der Waals surface area contributed by atoms with Crippen molar-refractivity contribution >= 4 is 11.5 Å². The number of nitrogen functional groups attached to an aromatic ring is 1. The van der Waals surface area contributed by atoms with Gasteiger partial charge < -0.3 is 10.5 Å². The first kappa shape index (κ1) is 9.06. The lowest BCUT2D eigenvalue weighted by molar-refractivity contribution is 0.0995. The summed E-state index contributed by atoms with van der Waals surface area (Å²) in [6.45, 7) is 2.55. The minimum atomic E-state index is 0.138. The molecule has 0 radical (unpaired) electrons. The number of rotatable bonds is 2. The molecule has 1 aromatic rings. The maximum Gasteiger partial charge on any atom is 0.165 e. The van der Waals surface area contributed by atoms with Gasteiger partial charge in [-0.25, -0.2) is 0 Å². The Morgan fingerprint density at radius 2 is 2.21 bits per heavy atom. The van der Waals surface area contributed by atoms with Crippen molar-refractivity contribution in [2.45, 2.75) is 19.8 Å². The first-order valence-electron chi connectivity index (χ1n) is 4.81. The highest BCUT2D eigenvalue weighted by molar-refractivity contribution is 6.05. The molecule has 74 valence electrons. The van der Waals surface area contributed by atoms with E-state index in [4.69, 9.17) is 10.5 Å². The standard InChI is InChI=1S/C11H13NO2/c1-2-14-10-6-4-8(12)11-7(10)3-5-9(11)13/h4,6H,2-3,5,12H2,1H3. The Hall–Kier alpha value is -1.51. The molecule has 3 nitrogen and oxygen atoms in total. The Morgan fingerprint density at radius 3 is 2.93 bits per heavy atom. The van der Waals surface area contributed by atoms with Gasteiger partial charge in [0, 0.05) is 23.2 Å². The predicted molar refractivity (Wildman–Crippen MR) is 54.7 cm³/mol. The third kappa shape index (κ3) is 1.25. The van der Waals surface area contributed by atoms with Crippen molar-refractivity contribution in [3.63, 3.8) is 0 Å². The van der Waals surface area contributed by atoms with Gasteiger partial charge in [0.25, 0.3) is 0 Å².